The van der Waals surface area contributed by atoms with E-state index >= 15 is 0 Å². The molecule has 2 aromatic carbocycles. The molecule has 0 bridgehead atoms. The number of anilines is 1. The van der Waals surface area contributed by atoms with Crippen molar-refractivity contribution in [3.05, 3.63) is 63.6 Å². The van der Waals surface area contributed by atoms with E-state index in [2.05, 4.69) is 21.2 Å². The standard InChI is InChI=1S/C15H12BrClF3N/c16-13-7-12(15(18,19)20)5-6-14(13)21-9-11-3-1-10(8-17)2-4-11/h1-7,21H,8-9H2. The second kappa shape index (κ2) is 6.71. The highest BCUT2D eigenvalue weighted by atomic mass is 79.9. The lowest BCUT2D eigenvalue weighted by atomic mass is 10.1. The number of halogens is 5. The molecule has 0 spiro atoms. The van der Waals surface area contributed by atoms with Crippen molar-refractivity contribution >= 4 is 33.2 Å². The molecule has 21 heavy (non-hydrogen) atoms. The third-order valence-electron chi connectivity index (χ3n) is 2.96. The maximum atomic E-state index is 12.6. The second-order valence-electron chi connectivity index (χ2n) is 4.50. The van der Waals surface area contributed by atoms with Gasteiger partial charge in [0.15, 0.2) is 0 Å². The number of rotatable bonds is 4. The first-order chi connectivity index (χ1) is 9.90. The normalized spacial score (nSPS) is 11.5. The third-order valence-corrected chi connectivity index (χ3v) is 3.92. The van der Waals surface area contributed by atoms with E-state index in [0.717, 1.165) is 23.3 Å². The van der Waals surface area contributed by atoms with Crippen LogP contribution in [0.3, 0.4) is 0 Å². The van der Waals surface area contributed by atoms with Crippen LogP contribution in [0, 0.1) is 0 Å². The number of nitrogens with one attached hydrogen (secondary N) is 1. The fraction of sp³-hybridized carbons (Fsp3) is 0.200. The fourth-order valence-electron chi connectivity index (χ4n) is 1.78. The molecule has 1 N–H and O–H groups in total. The Morgan fingerprint density at radius 2 is 1.62 bits per heavy atom. The lowest BCUT2D eigenvalue weighted by Gasteiger charge is -2.12. The molecule has 0 aliphatic carbocycles. The summed E-state index contributed by atoms with van der Waals surface area (Å²) >= 11 is 8.87. The summed E-state index contributed by atoms with van der Waals surface area (Å²) in [5.41, 5.74) is 1.99. The van der Waals surface area contributed by atoms with Crippen molar-refractivity contribution in [3.63, 3.8) is 0 Å². The molecule has 0 aromatic heterocycles. The average molecular weight is 379 g/mol. The Kier molecular flexibility index (Phi) is 5.17. The molecule has 0 aliphatic heterocycles. The minimum Gasteiger partial charge on any atom is -0.380 e. The Morgan fingerprint density at radius 3 is 2.14 bits per heavy atom. The van der Waals surface area contributed by atoms with Crippen LogP contribution in [-0.4, -0.2) is 0 Å². The Labute approximate surface area is 134 Å². The molecule has 112 valence electrons. The summed E-state index contributed by atoms with van der Waals surface area (Å²) in [5.74, 6) is 0.457. The molecule has 0 heterocycles. The fourth-order valence-corrected chi connectivity index (χ4v) is 2.48. The van der Waals surface area contributed by atoms with Crippen molar-refractivity contribution in [1.29, 1.82) is 0 Å². The van der Waals surface area contributed by atoms with Crippen LogP contribution in [0.15, 0.2) is 46.9 Å². The van der Waals surface area contributed by atoms with Crippen molar-refractivity contribution in [2.45, 2.75) is 18.6 Å². The highest BCUT2D eigenvalue weighted by Crippen LogP contribution is 2.34. The van der Waals surface area contributed by atoms with Crippen molar-refractivity contribution in [3.8, 4) is 0 Å². The number of hydrogen-bond acceptors (Lipinski definition) is 1. The Balaban J connectivity index is 2.06. The zero-order valence-electron chi connectivity index (χ0n) is 10.8. The lowest BCUT2D eigenvalue weighted by Crippen LogP contribution is -2.06. The third kappa shape index (κ3) is 4.38. The van der Waals surface area contributed by atoms with E-state index in [1.54, 1.807) is 0 Å². The summed E-state index contributed by atoms with van der Waals surface area (Å²) in [4.78, 5) is 0. The van der Waals surface area contributed by atoms with Crippen LogP contribution < -0.4 is 5.32 Å². The molecule has 2 aromatic rings. The number of hydrogen-bond donors (Lipinski definition) is 1. The van der Waals surface area contributed by atoms with Crippen molar-refractivity contribution in [1.82, 2.24) is 0 Å². The van der Waals surface area contributed by atoms with Gasteiger partial charge >= 0.3 is 6.18 Å². The van der Waals surface area contributed by atoms with Crippen molar-refractivity contribution < 1.29 is 13.2 Å². The van der Waals surface area contributed by atoms with Gasteiger partial charge in [-0.25, -0.2) is 0 Å². The summed E-state index contributed by atoms with van der Waals surface area (Å²) in [5, 5.41) is 3.10. The van der Waals surface area contributed by atoms with E-state index in [9.17, 15) is 13.2 Å². The molecule has 1 nitrogen and oxygen atoms in total. The molecular weight excluding hydrogens is 367 g/mol. The van der Waals surface area contributed by atoms with Gasteiger partial charge in [0.25, 0.3) is 0 Å². The second-order valence-corrected chi connectivity index (χ2v) is 5.62. The van der Waals surface area contributed by atoms with Gasteiger partial charge in [0.2, 0.25) is 0 Å². The number of alkyl halides is 4. The molecular formula is C15H12BrClF3N. The van der Waals surface area contributed by atoms with Crippen LogP contribution in [-0.2, 0) is 18.6 Å². The monoisotopic (exact) mass is 377 g/mol. The van der Waals surface area contributed by atoms with Gasteiger partial charge in [-0.2, -0.15) is 13.2 Å². The summed E-state index contributed by atoms with van der Waals surface area (Å²) < 4.78 is 38.1. The van der Waals surface area contributed by atoms with E-state index < -0.39 is 11.7 Å². The average Bonchev–Trinajstić information content (AvgIpc) is 2.45. The van der Waals surface area contributed by atoms with Crippen molar-refractivity contribution in [2.75, 3.05) is 5.32 Å². The molecule has 6 heteroatoms. The first-order valence-electron chi connectivity index (χ1n) is 6.14. The highest BCUT2D eigenvalue weighted by Gasteiger charge is 2.30. The molecule has 0 saturated carbocycles. The van der Waals surface area contributed by atoms with Gasteiger partial charge in [-0.1, -0.05) is 24.3 Å². The lowest BCUT2D eigenvalue weighted by molar-refractivity contribution is -0.137. The van der Waals surface area contributed by atoms with Crippen LogP contribution in [0.2, 0.25) is 0 Å². The minimum absolute atomic E-state index is 0.384. The Hall–Kier alpha value is -1.20. The quantitative estimate of drug-likeness (QED) is 0.661. The van der Waals surface area contributed by atoms with Crippen LogP contribution in [0.1, 0.15) is 16.7 Å². The highest BCUT2D eigenvalue weighted by molar-refractivity contribution is 9.10. The topological polar surface area (TPSA) is 12.0 Å². The largest absolute Gasteiger partial charge is 0.416 e. The van der Waals surface area contributed by atoms with Gasteiger partial charge in [0.05, 0.1) is 5.56 Å². The summed E-state index contributed by atoms with van der Waals surface area (Å²) in [6.45, 7) is 0.520. The first-order valence-corrected chi connectivity index (χ1v) is 7.47. The SMILES string of the molecule is FC(F)(F)c1ccc(NCc2ccc(CCl)cc2)c(Br)c1. The zero-order chi connectivity index (χ0) is 15.5. The summed E-state index contributed by atoms with van der Waals surface area (Å²) in [6.07, 6.45) is -4.33. The molecule has 0 fully saturated rings. The summed E-state index contributed by atoms with van der Waals surface area (Å²) in [7, 11) is 0. The smallest absolute Gasteiger partial charge is 0.380 e. The van der Waals surface area contributed by atoms with Gasteiger partial charge in [0.1, 0.15) is 0 Å². The molecule has 0 saturated heterocycles. The van der Waals surface area contributed by atoms with Gasteiger partial charge in [-0.3, -0.25) is 0 Å². The Bertz CT molecular complexity index is 611. The van der Waals surface area contributed by atoms with E-state index in [4.69, 9.17) is 11.6 Å². The molecule has 0 amide bonds. The van der Waals surface area contributed by atoms with Gasteiger partial charge < -0.3 is 5.32 Å². The van der Waals surface area contributed by atoms with Crippen LogP contribution >= 0.6 is 27.5 Å². The Morgan fingerprint density at radius 1 is 1.00 bits per heavy atom. The van der Waals surface area contributed by atoms with E-state index in [-0.39, 0.29) is 0 Å². The van der Waals surface area contributed by atoms with Crippen LogP contribution in [0.4, 0.5) is 18.9 Å². The molecule has 0 radical (unpaired) electrons. The summed E-state index contributed by atoms with van der Waals surface area (Å²) in [6, 6.07) is 11.3. The molecule has 0 unspecified atom stereocenters. The zero-order valence-corrected chi connectivity index (χ0v) is 13.2. The number of benzene rings is 2. The predicted octanol–water partition coefficient (Wildman–Crippen LogP) is 5.82. The minimum atomic E-state index is -4.33. The maximum Gasteiger partial charge on any atom is 0.416 e. The van der Waals surface area contributed by atoms with Gasteiger partial charge in [-0.15, -0.1) is 11.6 Å². The molecule has 0 aliphatic rings. The van der Waals surface area contributed by atoms with Crippen LogP contribution in [0.5, 0.6) is 0 Å². The van der Waals surface area contributed by atoms with E-state index in [1.165, 1.54) is 6.07 Å². The van der Waals surface area contributed by atoms with E-state index in [1.807, 2.05) is 24.3 Å². The first kappa shape index (κ1) is 16.2. The predicted molar refractivity (Wildman–Crippen MR) is 82.5 cm³/mol. The van der Waals surface area contributed by atoms with Crippen molar-refractivity contribution in [2.24, 2.45) is 0 Å². The van der Waals surface area contributed by atoms with Gasteiger partial charge in [0, 0.05) is 22.6 Å². The van der Waals surface area contributed by atoms with Gasteiger partial charge in [-0.05, 0) is 45.3 Å². The maximum absolute atomic E-state index is 12.6. The molecule has 2 rings (SSSR count). The molecule has 0 atom stereocenters. The van der Waals surface area contributed by atoms with E-state index in [0.29, 0.717) is 22.6 Å². The van der Waals surface area contributed by atoms with Crippen LogP contribution in [0.25, 0.3) is 0 Å².